The number of fused-ring (bicyclic) bond motifs is 1. The normalized spacial score (nSPS) is 10.5. The largest absolute Gasteiger partial charge is 0.479 e. The van der Waals surface area contributed by atoms with Crippen molar-refractivity contribution < 1.29 is 24.1 Å². The van der Waals surface area contributed by atoms with Gasteiger partial charge in [-0.2, -0.15) is 0 Å². The minimum absolute atomic E-state index is 0.221. The number of nitrogens with zero attached hydrogens (tertiary/aromatic N) is 2. The maximum atomic E-state index is 11.6. The molecule has 0 bridgehead atoms. The first-order chi connectivity index (χ1) is 8.58. The van der Waals surface area contributed by atoms with Gasteiger partial charge in [0.05, 0.1) is 16.6 Å². The molecule has 8 heteroatoms. The number of aliphatic carboxylic acids is 1. The lowest BCUT2D eigenvalue weighted by Crippen LogP contribution is -2.26. The second-order valence-corrected chi connectivity index (χ2v) is 3.46. The molecule has 2 rings (SSSR count). The predicted molar refractivity (Wildman–Crippen MR) is 57.6 cm³/mol. The van der Waals surface area contributed by atoms with Gasteiger partial charge >= 0.3 is 5.97 Å². The van der Waals surface area contributed by atoms with Gasteiger partial charge in [0, 0.05) is 6.20 Å². The molecule has 18 heavy (non-hydrogen) atoms. The van der Waals surface area contributed by atoms with Crippen molar-refractivity contribution in [2.45, 2.75) is 6.92 Å². The zero-order valence-electron chi connectivity index (χ0n) is 9.34. The zero-order valence-corrected chi connectivity index (χ0v) is 9.34. The molecule has 0 fully saturated rings. The summed E-state index contributed by atoms with van der Waals surface area (Å²) in [5.74, 6) is -1.77. The van der Waals surface area contributed by atoms with Crippen LogP contribution in [0.5, 0.6) is 0 Å². The summed E-state index contributed by atoms with van der Waals surface area (Å²) in [6.45, 7) is 1.10. The van der Waals surface area contributed by atoms with Crippen LogP contribution in [-0.4, -0.2) is 33.7 Å². The van der Waals surface area contributed by atoms with Gasteiger partial charge in [-0.15, -0.1) is 0 Å². The zero-order chi connectivity index (χ0) is 13.1. The summed E-state index contributed by atoms with van der Waals surface area (Å²) in [4.78, 5) is 30.1. The van der Waals surface area contributed by atoms with Gasteiger partial charge in [0.25, 0.3) is 11.6 Å². The summed E-state index contributed by atoms with van der Waals surface area (Å²) in [6, 6.07) is 1.54. The third-order valence-electron chi connectivity index (χ3n) is 2.13. The summed E-state index contributed by atoms with van der Waals surface area (Å²) < 4.78 is 4.89. The molecule has 0 radical (unpaired) electrons. The van der Waals surface area contributed by atoms with Crippen molar-refractivity contribution in [3.8, 4) is 0 Å². The van der Waals surface area contributed by atoms with Crippen LogP contribution in [0.3, 0.4) is 0 Å². The number of hydroxylamine groups is 1. The summed E-state index contributed by atoms with van der Waals surface area (Å²) in [5, 5.41) is 12.7. The average molecular weight is 251 g/mol. The molecule has 94 valence electrons. The van der Waals surface area contributed by atoms with Crippen molar-refractivity contribution in [2.75, 3.05) is 6.61 Å². The Labute approximate surface area is 100 Å². The number of hydrogen-bond donors (Lipinski definition) is 2. The molecule has 0 unspecified atom stereocenters. The molecule has 0 saturated heterocycles. The van der Waals surface area contributed by atoms with Crippen LogP contribution in [0.2, 0.25) is 0 Å². The number of carbonyl (C=O) groups is 2. The Morgan fingerprint density at radius 2 is 2.33 bits per heavy atom. The third-order valence-corrected chi connectivity index (χ3v) is 2.13. The lowest BCUT2D eigenvalue weighted by atomic mass is 10.2. The van der Waals surface area contributed by atoms with Crippen molar-refractivity contribution in [3.63, 3.8) is 0 Å². The molecule has 0 aliphatic heterocycles. The smallest absolute Gasteiger partial charge is 0.332 e. The highest BCUT2D eigenvalue weighted by Crippen LogP contribution is 2.16. The maximum Gasteiger partial charge on any atom is 0.332 e. The summed E-state index contributed by atoms with van der Waals surface area (Å²) in [5.41, 5.74) is 3.16. The molecular formula is C10H9N3O5. The van der Waals surface area contributed by atoms with Gasteiger partial charge < -0.3 is 9.63 Å². The Kier molecular flexibility index (Phi) is 3.20. The van der Waals surface area contributed by atoms with E-state index < -0.39 is 18.5 Å². The van der Waals surface area contributed by atoms with Crippen molar-refractivity contribution in [1.29, 1.82) is 0 Å². The number of hydrogen-bond acceptors (Lipinski definition) is 6. The highest BCUT2D eigenvalue weighted by molar-refractivity contribution is 5.96. The molecule has 0 spiro atoms. The fourth-order valence-electron chi connectivity index (χ4n) is 1.29. The fourth-order valence-corrected chi connectivity index (χ4v) is 1.29. The summed E-state index contributed by atoms with van der Waals surface area (Å²) in [7, 11) is 0. The minimum Gasteiger partial charge on any atom is -0.479 e. The van der Waals surface area contributed by atoms with Gasteiger partial charge in [-0.3, -0.25) is 9.63 Å². The number of aryl methyl sites for hydroxylation is 1. The van der Waals surface area contributed by atoms with E-state index in [0.717, 1.165) is 0 Å². The van der Waals surface area contributed by atoms with Crippen LogP contribution in [0.25, 0.3) is 11.1 Å². The molecular weight excluding hydrogens is 242 g/mol. The molecule has 2 heterocycles. The highest BCUT2D eigenvalue weighted by Gasteiger charge is 2.11. The van der Waals surface area contributed by atoms with Gasteiger partial charge in [-0.25, -0.2) is 15.3 Å². The number of carboxylic acids is 1. The summed E-state index contributed by atoms with van der Waals surface area (Å²) >= 11 is 0. The fraction of sp³-hybridized carbons (Fsp3) is 0.200. The predicted octanol–water partition coefficient (Wildman–Crippen LogP) is 0.277. The van der Waals surface area contributed by atoms with E-state index in [0.29, 0.717) is 16.8 Å². The number of nitrogens with one attached hydrogen (secondary N) is 1. The second kappa shape index (κ2) is 4.80. The number of carbonyl (C=O) groups excluding carboxylic acids is 1. The Hall–Kier alpha value is -2.48. The molecule has 0 aromatic carbocycles. The van der Waals surface area contributed by atoms with E-state index in [9.17, 15) is 9.59 Å². The van der Waals surface area contributed by atoms with Crippen molar-refractivity contribution >= 4 is 23.0 Å². The van der Waals surface area contributed by atoms with Crippen LogP contribution in [0.1, 0.15) is 16.1 Å². The number of aromatic nitrogens is 2. The Balaban J connectivity index is 2.12. The molecule has 2 aromatic rings. The quantitative estimate of drug-likeness (QED) is 0.749. The van der Waals surface area contributed by atoms with Gasteiger partial charge in [0.15, 0.2) is 6.61 Å². The topological polar surface area (TPSA) is 115 Å². The Bertz CT molecular complexity index is 607. The van der Waals surface area contributed by atoms with E-state index >= 15 is 0 Å². The third kappa shape index (κ3) is 2.43. The molecule has 0 aliphatic carbocycles. The molecule has 8 nitrogen and oxygen atoms in total. The molecule has 2 N–H and O–H groups in total. The lowest BCUT2D eigenvalue weighted by molar-refractivity contribution is -0.144. The van der Waals surface area contributed by atoms with Crippen LogP contribution in [0, 0.1) is 6.92 Å². The Morgan fingerprint density at radius 3 is 3.06 bits per heavy atom. The molecule has 2 aromatic heterocycles. The van der Waals surface area contributed by atoms with E-state index in [1.807, 2.05) is 5.48 Å². The van der Waals surface area contributed by atoms with Crippen molar-refractivity contribution in [1.82, 2.24) is 15.6 Å². The number of amides is 1. The molecule has 0 aliphatic rings. The van der Waals surface area contributed by atoms with Gasteiger partial charge in [-0.05, 0) is 13.0 Å². The first kappa shape index (κ1) is 12.0. The van der Waals surface area contributed by atoms with Crippen LogP contribution in [-0.2, 0) is 9.63 Å². The van der Waals surface area contributed by atoms with E-state index in [2.05, 4.69) is 15.0 Å². The standard InChI is InChI=1S/C10H9N3O5/c1-5-7-2-6(3-11-10(7)18-12-5)9(16)13-17-4-8(14)15/h2-3H,4H2,1H3,(H,13,16)(H,14,15). The van der Waals surface area contributed by atoms with Crippen LogP contribution >= 0.6 is 0 Å². The lowest BCUT2D eigenvalue weighted by Gasteiger charge is -2.03. The van der Waals surface area contributed by atoms with E-state index in [4.69, 9.17) is 9.63 Å². The van der Waals surface area contributed by atoms with Crippen LogP contribution in [0.15, 0.2) is 16.8 Å². The first-order valence-corrected chi connectivity index (χ1v) is 4.94. The van der Waals surface area contributed by atoms with Gasteiger partial charge in [0.2, 0.25) is 0 Å². The average Bonchev–Trinajstić information content (AvgIpc) is 2.70. The molecule has 1 amide bonds. The first-order valence-electron chi connectivity index (χ1n) is 4.94. The van der Waals surface area contributed by atoms with Gasteiger partial charge in [-0.1, -0.05) is 5.16 Å². The second-order valence-electron chi connectivity index (χ2n) is 3.46. The molecule has 0 atom stereocenters. The van der Waals surface area contributed by atoms with E-state index in [1.54, 1.807) is 6.92 Å². The highest BCUT2D eigenvalue weighted by atomic mass is 16.7. The number of carboxylic acid groups (broad SMARTS) is 1. The van der Waals surface area contributed by atoms with E-state index in [1.165, 1.54) is 12.3 Å². The van der Waals surface area contributed by atoms with Crippen LogP contribution in [0.4, 0.5) is 0 Å². The number of pyridine rings is 1. The Morgan fingerprint density at radius 1 is 1.56 bits per heavy atom. The van der Waals surface area contributed by atoms with Crippen molar-refractivity contribution in [3.05, 3.63) is 23.5 Å². The molecule has 0 saturated carbocycles. The minimum atomic E-state index is -1.18. The van der Waals surface area contributed by atoms with Crippen molar-refractivity contribution in [2.24, 2.45) is 0 Å². The number of rotatable bonds is 4. The monoisotopic (exact) mass is 251 g/mol. The SMILES string of the molecule is Cc1noc2ncc(C(=O)NOCC(=O)O)cc12. The summed E-state index contributed by atoms with van der Waals surface area (Å²) in [6.07, 6.45) is 1.28. The van der Waals surface area contributed by atoms with Gasteiger partial charge in [0.1, 0.15) is 0 Å². The van der Waals surface area contributed by atoms with E-state index in [-0.39, 0.29) is 5.56 Å². The maximum absolute atomic E-state index is 11.6. The van der Waals surface area contributed by atoms with Crippen LogP contribution < -0.4 is 5.48 Å².